The minimum atomic E-state index is -5.83. The average molecular weight is 312 g/mol. The quantitative estimate of drug-likeness (QED) is 0.472. The summed E-state index contributed by atoms with van der Waals surface area (Å²) in [6.45, 7) is 0.663. The van der Waals surface area contributed by atoms with E-state index in [1.807, 2.05) is 0 Å². The highest BCUT2D eigenvalue weighted by Crippen LogP contribution is 2.25. The van der Waals surface area contributed by atoms with E-state index < -0.39 is 27.7 Å². The fourth-order valence-electron chi connectivity index (χ4n) is 1.13. The highest BCUT2D eigenvalue weighted by atomic mass is 32.2. The van der Waals surface area contributed by atoms with Crippen molar-refractivity contribution in [3.63, 3.8) is 0 Å². The van der Waals surface area contributed by atoms with Gasteiger partial charge in [0.1, 0.15) is 6.61 Å². The second-order valence-corrected chi connectivity index (χ2v) is 5.30. The van der Waals surface area contributed by atoms with Gasteiger partial charge in [0.2, 0.25) is 0 Å². The molecule has 1 aromatic carbocycles. The molecule has 0 unspecified atom stereocenters. The lowest BCUT2D eigenvalue weighted by molar-refractivity contribution is -0.153. The number of hydrogen-bond acceptors (Lipinski definition) is 5. The first-order valence-corrected chi connectivity index (χ1v) is 6.74. The van der Waals surface area contributed by atoms with Crippen LogP contribution in [0.15, 0.2) is 30.3 Å². The summed E-state index contributed by atoms with van der Waals surface area (Å²) < 4.78 is 65.9. The van der Waals surface area contributed by atoms with Gasteiger partial charge < -0.3 is 4.74 Å². The minimum absolute atomic E-state index is 0.195. The van der Waals surface area contributed by atoms with Gasteiger partial charge in [0.15, 0.2) is 6.10 Å². The van der Waals surface area contributed by atoms with E-state index in [4.69, 9.17) is 0 Å². The zero-order valence-electron chi connectivity index (χ0n) is 10.3. The molecule has 0 amide bonds. The number of ether oxygens (including phenoxy) is 1. The lowest BCUT2D eigenvalue weighted by Crippen LogP contribution is -2.33. The molecule has 0 spiro atoms. The molecule has 0 radical (unpaired) electrons. The Morgan fingerprint density at radius 3 is 2.30 bits per heavy atom. The van der Waals surface area contributed by atoms with Crippen LogP contribution in [-0.2, 0) is 30.4 Å². The molecule has 0 bridgehead atoms. The summed E-state index contributed by atoms with van der Waals surface area (Å²) in [5.74, 6) is -1.21. The van der Waals surface area contributed by atoms with Crippen molar-refractivity contribution in [2.45, 2.75) is 25.1 Å². The minimum Gasteiger partial charge on any atom is -0.459 e. The van der Waals surface area contributed by atoms with Gasteiger partial charge in [0, 0.05) is 0 Å². The van der Waals surface area contributed by atoms with Crippen molar-refractivity contribution >= 4 is 16.1 Å². The maximum atomic E-state index is 12.0. The van der Waals surface area contributed by atoms with Gasteiger partial charge in [-0.15, -0.1) is 0 Å². The number of carbonyl (C=O) groups excluding carboxylic acids is 1. The van der Waals surface area contributed by atoms with Crippen LogP contribution in [0.2, 0.25) is 0 Å². The van der Waals surface area contributed by atoms with E-state index in [1.54, 1.807) is 30.3 Å². The zero-order valence-corrected chi connectivity index (χ0v) is 11.1. The summed E-state index contributed by atoms with van der Waals surface area (Å²) in [5.41, 5.74) is -4.98. The lowest BCUT2D eigenvalue weighted by Gasteiger charge is -2.13. The molecular weight excluding hydrogens is 301 g/mol. The first-order valence-electron chi connectivity index (χ1n) is 5.33. The van der Waals surface area contributed by atoms with Crippen molar-refractivity contribution in [2.24, 2.45) is 0 Å². The summed E-state index contributed by atoms with van der Waals surface area (Å²) in [7, 11) is -5.83. The van der Waals surface area contributed by atoms with Crippen LogP contribution in [0, 0.1) is 0 Å². The van der Waals surface area contributed by atoms with Crippen LogP contribution in [0.5, 0.6) is 0 Å². The molecule has 0 aliphatic rings. The topological polar surface area (TPSA) is 69.7 Å². The Bertz CT molecular complexity index is 553. The number of rotatable bonds is 5. The second-order valence-electron chi connectivity index (χ2n) is 3.73. The monoisotopic (exact) mass is 312 g/mol. The molecule has 5 nitrogen and oxygen atoms in total. The van der Waals surface area contributed by atoms with Crippen molar-refractivity contribution in [2.75, 3.05) is 0 Å². The number of benzene rings is 1. The van der Waals surface area contributed by atoms with Gasteiger partial charge in [-0.2, -0.15) is 21.6 Å². The number of halogens is 3. The molecule has 9 heteroatoms. The number of hydrogen-bond donors (Lipinski definition) is 0. The van der Waals surface area contributed by atoms with Gasteiger partial charge in [-0.3, -0.25) is 0 Å². The van der Waals surface area contributed by atoms with E-state index in [-0.39, 0.29) is 6.61 Å². The average Bonchev–Trinajstić information content (AvgIpc) is 2.35. The molecule has 0 heterocycles. The predicted molar refractivity (Wildman–Crippen MR) is 61.8 cm³/mol. The smallest absolute Gasteiger partial charge is 0.459 e. The van der Waals surface area contributed by atoms with Crippen LogP contribution in [-0.4, -0.2) is 26.0 Å². The van der Waals surface area contributed by atoms with Crippen molar-refractivity contribution in [1.82, 2.24) is 0 Å². The molecule has 1 aromatic rings. The summed E-state index contributed by atoms with van der Waals surface area (Å²) in [5, 5.41) is 0. The van der Waals surface area contributed by atoms with Crippen molar-refractivity contribution in [3.8, 4) is 0 Å². The fraction of sp³-hybridized carbons (Fsp3) is 0.364. The third-order valence-corrected chi connectivity index (χ3v) is 3.22. The van der Waals surface area contributed by atoms with Gasteiger partial charge in [0.25, 0.3) is 0 Å². The van der Waals surface area contributed by atoms with Crippen molar-refractivity contribution < 1.29 is 35.3 Å². The first kappa shape index (κ1) is 16.4. The normalized spacial score (nSPS) is 13.8. The van der Waals surface area contributed by atoms with Gasteiger partial charge in [-0.1, -0.05) is 30.3 Å². The van der Waals surface area contributed by atoms with Crippen molar-refractivity contribution in [1.29, 1.82) is 0 Å². The Labute approximate surface area is 113 Å². The van der Waals surface area contributed by atoms with Gasteiger partial charge in [-0.05, 0) is 12.5 Å². The highest BCUT2D eigenvalue weighted by Gasteiger charge is 2.49. The molecule has 1 rings (SSSR count). The molecule has 0 fully saturated rings. The van der Waals surface area contributed by atoms with Crippen LogP contribution in [0.4, 0.5) is 13.2 Å². The Hall–Kier alpha value is -1.61. The number of alkyl halides is 3. The van der Waals surface area contributed by atoms with Gasteiger partial charge >= 0.3 is 21.6 Å². The van der Waals surface area contributed by atoms with Crippen LogP contribution < -0.4 is 0 Å². The predicted octanol–water partition coefficient (Wildman–Crippen LogP) is 1.98. The van der Waals surface area contributed by atoms with E-state index >= 15 is 0 Å². The summed E-state index contributed by atoms with van der Waals surface area (Å²) in [6, 6.07) is 8.35. The summed E-state index contributed by atoms with van der Waals surface area (Å²) in [6.07, 6.45) is -1.88. The van der Waals surface area contributed by atoms with E-state index in [0.29, 0.717) is 5.56 Å². The Morgan fingerprint density at radius 1 is 1.25 bits per heavy atom. The van der Waals surface area contributed by atoms with E-state index in [1.165, 1.54) is 0 Å². The van der Waals surface area contributed by atoms with Crippen LogP contribution in [0.3, 0.4) is 0 Å². The molecule has 0 N–H and O–H groups in total. The zero-order chi connectivity index (χ0) is 15.4. The van der Waals surface area contributed by atoms with E-state index in [0.717, 1.165) is 6.92 Å². The molecular formula is C11H11F3O5S. The van der Waals surface area contributed by atoms with E-state index in [9.17, 15) is 26.4 Å². The first-order chi connectivity index (χ1) is 9.13. The Morgan fingerprint density at radius 2 is 1.80 bits per heavy atom. The van der Waals surface area contributed by atoms with Gasteiger partial charge in [-0.25, -0.2) is 8.98 Å². The third-order valence-electron chi connectivity index (χ3n) is 2.11. The molecule has 112 valence electrons. The second kappa shape index (κ2) is 6.23. The highest BCUT2D eigenvalue weighted by molar-refractivity contribution is 7.87. The molecule has 0 aliphatic heterocycles. The van der Waals surface area contributed by atoms with Crippen LogP contribution in [0.1, 0.15) is 12.5 Å². The van der Waals surface area contributed by atoms with Crippen molar-refractivity contribution in [3.05, 3.63) is 35.9 Å². The molecule has 0 aliphatic carbocycles. The third kappa shape index (κ3) is 4.49. The standard InChI is InChI=1S/C11H11F3O5S/c1-8(19-20(16,17)11(12,13)14)10(15)18-7-9-5-3-2-4-6-9/h2-6,8H,7H2,1H3/t8-/m0/s1. The maximum Gasteiger partial charge on any atom is 0.523 e. The Balaban J connectivity index is 2.56. The molecule has 0 saturated carbocycles. The summed E-state index contributed by atoms with van der Waals surface area (Å²) >= 11 is 0. The molecule has 0 aromatic heterocycles. The fourth-order valence-corrected chi connectivity index (χ4v) is 1.70. The Kier molecular flexibility index (Phi) is 5.12. The molecule has 20 heavy (non-hydrogen) atoms. The van der Waals surface area contributed by atoms with Crippen LogP contribution >= 0.6 is 0 Å². The largest absolute Gasteiger partial charge is 0.523 e. The molecule has 0 saturated heterocycles. The number of esters is 1. The van der Waals surface area contributed by atoms with E-state index in [2.05, 4.69) is 8.92 Å². The molecule has 1 atom stereocenters. The SMILES string of the molecule is C[C@H](OS(=O)(=O)C(F)(F)F)C(=O)OCc1ccccc1. The number of carbonyl (C=O) groups is 1. The maximum absolute atomic E-state index is 12.0. The van der Waals surface area contributed by atoms with Gasteiger partial charge in [0.05, 0.1) is 0 Å². The van der Waals surface area contributed by atoms with Crippen LogP contribution in [0.25, 0.3) is 0 Å². The lowest BCUT2D eigenvalue weighted by atomic mass is 10.2. The summed E-state index contributed by atoms with van der Waals surface area (Å²) in [4.78, 5) is 11.3.